The number of nitrogens with zero attached hydrogens (tertiary/aromatic N) is 3. The number of anilines is 1. The van der Waals surface area contributed by atoms with E-state index < -0.39 is 5.82 Å². The lowest BCUT2D eigenvalue weighted by Crippen LogP contribution is -2.26. The summed E-state index contributed by atoms with van der Waals surface area (Å²) in [6, 6.07) is 4.62. The molecule has 1 aliphatic rings. The van der Waals surface area contributed by atoms with Crippen molar-refractivity contribution in [3.63, 3.8) is 0 Å². The molecular formula is C18H20FN5O2. The zero-order valence-corrected chi connectivity index (χ0v) is 14.8. The Labute approximate surface area is 149 Å². The molecule has 0 saturated carbocycles. The molecule has 7 nitrogen and oxygen atoms in total. The Kier molecular flexibility index (Phi) is 3.71. The van der Waals surface area contributed by atoms with Gasteiger partial charge in [-0.05, 0) is 26.8 Å². The third kappa shape index (κ3) is 2.71. The van der Waals surface area contributed by atoms with E-state index in [2.05, 4.69) is 20.4 Å². The summed E-state index contributed by atoms with van der Waals surface area (Å²) in [4.78, 5) is 19.7. The van der Waals surface area contributed by atoms with E-state index in [1.54, 1.807) is 10.7 Å². The van der Waals surface area contributed by atoms with Gasteiger partial charge >= 0.3 is 0 Å². The molecule has 0 radical (unpaired) electrons. The van der Waals surface area contributed by atoms with E-state index in [1.165, 1.54) is 12.3 Å². The van der Waals surface area contributed by atoms with Crippen LogP contribution in [0.25, 0.3) is 11.0 Å². The number of H-pyrrole nitrogens is 1. The smallest absolute Gasteiger partial charge is 0.263 e. The maximum Gasteiger partial charge on any atom is 0.263 e. The highest BCUT2D eigenvalue weighted by atomic mass is 19.1. The molecule has 0 aliphatic carbocycles. The topological polar surface area (TPSA) is 84.8 Å². The molecule has 0 spiro atoms. The van der Waals surface area contributed by atoms with Crippen LogP contribution in [-0.4, -0.2) is 26.4 Å². The maximum absolute atomic E-state index is 14.0. The van der Waals surface area contributed by atoms with Gasteiger partial charge in [-0.15, -0.1) is 0 Å². The van der Waals surface area contributed by atoms with Crippen LogP contribution in [0.15, 0.2) is 29.2 Å². The molecule has 4 rings (SSSR count). The minimum Gasteiger partial charge on any atom is -0.490 e. The predicted molar refractivity (Wildman–Crippen MR) is 96.0 cm³/mol. The highest BCUT2D eigenvalue weighted by Gasteiger charge is 2.25. The fraction of sp³-hybridized carbons (Fsp3) is 0.389. The van der Waals surface area contributed by atoms with E-state index in [-0.39, 0.29) is 22.9 Å². The zero-order chi connectivity index (χ0) is 18.5. The Hall–Kier alpha value is -2.90. The van der Waals surface area contributed by atoms with E-state index in [1.807, 2.05) is 26.8 Å². The summed E-state index contributed by atoms with van der Waals surface area (Å²) in [7, 11) is 0. The minimum absolute atomic E-state index is 0.207. The van der Waals surface area contributed by atoms with Crippen molar-refractivity contribution in [2.24, 2.45) is 0 Å². The molecule has 0 saturated heterocycles. The second kappa shape index (κ2) is 5.82. The Bertz CT molecular complexity index is 1030. The second-order valence-electron chi connectivity index (χ2n) is 7.37. The van der Waals surface area contributed by atoms with Gasteiger partial charge in [-0.1, -0.05) is 12.1 Å². The number of ether oxygens (including phenoxy) is 1. The van der Waals surface area contributed by atoms with Crippen LogP contribution in [-0.2, 0) is 5.54 Å². The number of hydrogen-bond donors (Lipinski definition) is 2. The summed E-state index contributed by atoms with van der Waals surface area (Å²) in [6.07, 6.45) is 2.16. The molecule has 0 unspecified atom stereocenters. The van der Waals surface area contributed by atoms with E-state index >= 15 is 0 Å². The monoisotopic (exact) mass is 357 g/mol. The lowest BCUT2D eigenvalue weighted by atomic mass is 10.0. The first-order valence-corrected chi connectivity index (χ1v) is 8.51. The molecule has 2 N–H and O–H groups in total. The lowest BCUT2D eigenvalue weighted by molar-refractivity contribution is 0.260. The van der Waals surface area contributed by atoms with Gasteiger partial charge in [-0.3, -0.25) is 9.78 Å². The van der Waals surface area contributed by atoms with Crippen molar-refractivity contribution in [3.8, 4) is 5.75 Å². The normalized spacial score (nSPS) is 17.0. The van der Waals surface area contributed by atoms with E-state index in [0.29, 0.717) is 35.6 Å². The van der Waals surface area contributed by atoms with Gasteiger partial charge in [0.2, 0.25) is 5.95 Å². The summed E-state index contributed by atoms with van der Waals surface area (Å²) in [5.41, 5.74) is 0.645. The molecule has 136 valence electrons. The third-order valence-electron chi connectivity index (χ3n) is 4.41. The van der Waals surface area contributed by atoms with Crippen LogP contribution in [0, 0.1) is 5.82 Å². The van der Waals surface area contributed by atoms with E-state index in [0.717, 1.165) is 0 Å². The number of benzene rings is 1. The Morgan fingerprint density at radius 1 is 1.38 bits per heavy atom. The number of aromatic nitrogens is 4. The van der Waals surface area contributed by atoms with Gasteiger partial charge in [0.15, 0.2) is 17.2 Å². The number of hydrogen-bond acceptors (Lipinski definition) is 5. The van der Waals surface area contributed by atoms with Crippen LogP contribution in [0.1, 0.15) is 38.8 Å². The van der Waals surface area contributed by atoms with Crippen molar-refractivity contribution in [2.45, 2.75) is 38.8 Å². The molecule has 1 aromatic carbocycles. The third-order valence-corrected chi connectivity index (χ3v) is 4.41. The van der Waals surface area contributed by atoms with Gasteiger partial charge in [0.1, 0.15) is 5.39 Å². The van der Waals surface area contributed by atoms with Crippen molar-refractivity contribution >= 4 is 17.0 Å². The molecule has 1 aliphatic heterocycles. The number of halogens is 1. The first-order valence-electron chi connectivity index (χ1n) is 8.51. The highest BCUT2D eigenvalue weighted by Crippen LogP contribution is 2.35. The summed E-state index contributed by atoms with van der Waals surface area (Å²) >= 11 is 0. The molecule has 0 amide bonds. The number of fused-ring (bicyclic) bond motifs is 2. The SMILES string of the molecule is CC(C)(C)n1ncc2c(=O)[nH]c(N[C@H]3CCOc4c(F)cccc43)nc21. The standard InChI is InChI=1S/C18H20FN5O2/c1-18(2,3)24-15-11(9-20-24)16(25)23-17(22-15)21-13-7-8-26-14-10(13)5-4-6-12(14)19/h4-6,9,13H,7-8H2,1-3H3,(H2,21,22,23,25)/t13-/m0/s1. The Morgan fingerprint density at radius 3 is 2.96 bits per heavy atom. The molecule has 3 aromatic rings. The average Bonchev–Trinajstić information content (AvgIpc) is 3.01. The van der Waals surface area contributed by atoms with Gasteiger partial charge in [-0.25, -0.2) is 9.07 Å². The molecule has 3 heterocycles. The first kappa shape index (κ1) is 16.6. The molecule has 0 bridgehead atoms. The zero-order valence-electron chi connectivity index (χ0n) is 14.8. The van der Waals surface area contributed by atoms with Crippen molar-refractivity contribution in [3.05, 3.63) is 46.1 Å². The van der Waals surface area contributed by atoms with Crippen LogP contribution in [0.2, 0.25) is 0 Å². The number of rotatable bonds is 2. The van der Waals surface area contributed by atoms with E-state index in [9.17, 15) is 9.18 Å². The molecule has 1 atom stereocenters. The van der Waals surface area contributed by atoms with Crippen molar-refractivity contribution < 1.29 is 9.13 Å². The van der Waals surface area contributed by atoms with Gasteiger partial charge in [0.05, 0.1) is 24.4 Å². The minimum atomic E-state index is -0.392. The van der Waals surface area contributed by atoms with E-state index in [4.69, 9.17) is 4.74 Å². The van der Waals surface area contributed by atoms with Gasteiger partial charge < -0.3 is 10.1 Å². The van der Waals surface area contributed by atoms with Crippen LogP contribution in [0.3, 0.4) is 0 Å². The van der Waals surface area contributed by atoms with Crippen molar-refractivity contribution in [1.82, 2.24) is 19.7 Å². The summed E-state index contributed by atoms with van der Waals surface area (Å²) in [5.74, 6) is 0.187. The first-order chi connectivity index (χ1) is 12.3. The largest absolute Gasteiger partial charge is 0.490 e. The second-order valence-corrected chi connectivity index (χ2v) is 7.37. The predicted octanol–water partition coefficient (Wildman–Crippen LogP) is 2.95. The molecule has 2 aromatic heterocycles. The Balaban J connectivity index is 1.75. The molecule has 0 fully saturated rings. The fourth-order valence-electron chi connectivity index (χ4n) is 3.18. The highest BCUT2D eigenvalue weighted by molar-refractivity contribution is 5.74. The summed E-state index contributed by atoms with van der Waals surface area (Å²) in [5, 5.41) is 7.95. The quantitative estimate of drug-likeness (QED) is 0.737. The van der Waals surface area contributed by atoms with Gasteiger partial charge in [-0.2, -0.15) is 10.1 Å². The maximum atomic E-state index is 14.0. The Morgan fingerprint density at radius 2 is 2.19 bits per heavy atom. The van der Waals surface area contributed by atoms with Crippen LogP contribution in [0.4, 0.5) is 10.3 Å². The van der Waals surface area contributed by atoms with Crippen LogP contribution >= 0.6 is 0 Å². The molecule has 26 heavy (non-hydrogen) atoms. The number of nitrogens with one attached hydrogen (secondary N) is 2. The number of aromatic amines is 1. The van der Waals surface area contributed by atoms with Gasteiger partial charge in [0.25, 0.3) is 5.56 Å². The summed E-state index contributed by atoms with van der Waals surface area (Å²) < 4.78 is 21.1. The lowest BCUT2D eigenvalue weighted by Gasteiger charge is -2.27. The molecular weight excluding hydrogens is 337 g/mol. The summed E-state index contributed by atoms with van der Waals surface area (Å²) in [6.45, 7) is 6.37. The van der Waals surface area contributed by atoms with Crippen LogP contribution in [0.5, 0.6) is 5.75 Å². The van der Waals surface area contributed by atoms with Crippen molar-refractivity contribution in [2.75, 3.05) is 11.9 Å². The number of para-hydroxylation sites is 1. The van der Waals surface area contributed by atoms with Crippen molar-refractivity contribution in [1.29, 1.82) is 0 Å². The fourth-order valence-corrected chi connectivity index (χ4v) is 3.18. The van der Waals surface area contributed by atoms with Crippen LogP contribution < -0.4 is 15.6 Å². The van der Waals surface area contributed by atoms with Gasteiger partial charge in [0, 0.05) is 12.0 Å². The molecule has 8 heteroatoms. The average molecular weight is 357 g/mol.